The molecule has 0 radical (unpaired) electrons. The number of carbonyl (C=O) groups is 1. The molecule has 0 spiro atoms. The lowest BCUT2D eigenvalue weighted by Crippen LogP contribution is -2.30. The summed E-state index contributed by atoms with van der Waals surface area (Å²) in [7, 11) is 3.03. The Morgan fingerprint density at radius 1 is 1.00 bits per heavy atom. The normalized spacial score (nSPS) is 17.2. The Hall–Kier alpha value is -4.17. The fourth-order valence-corrected chi connectivity index (χ4v) is 4.86. The fraction of sp³-hybridized carbons (Fsp3) is 0.148. The molecule has 2 aromatic heterocycles. The Balaban J connectivity index is 1.69. The van der Waals surface area contributed by atoms with Gasteiger partial charge in [-0.25, -0.2) is 4.79 Å². The number of ether oxygens (including phenoxy) is 2. The summed E-state index contributed by atoms with van der Waals surface area (Å²) in [6.45, 7) is 0. The number of anilines is 1. The molecule has 5 rings (SSSR count). The van der Waals surface area contributed by atoms with Gasteiger partial charge in [0.2, 0.25) is 0 Å². The van der Waals surface area contributed by atoms with Gasteiger partial charge in [-0.1, -0.05) is 24.3 Å². The third kappa shape index (κ3) is 4.13. The summed E-state index contributed by atoms with van der Waals surface area (Å²) < 4.78 is 12.5. The lowest BCUT2D eigenvalue weighted by Gasteiger charge is -2.29. The van der Waals surface area contributed by atoms with E-state index in [0.29, 0.717) is 10.7 Å². The summed E-state index contributed by atoms with van der Waals surface area (Å²) in [5.41, 5.74) is 3.89. The third-order valence-electron chi connectivity index (χ3n) is 6.08. The van der Waals surface area contributed by atoms with Crippen LogP contribution < -0.4 is 15.0 Å². The van der Waals surface area contributed by atoms with Gasteiger partial charge in [0.25, 0.3) is 0 Å². The van der Waals surface area contributed by atoms with Gasteiger partial charge < -0.3 is 24.3 Å². The molecule has 1 fully saturated rings. The Labute approximate surface area is 208 Å². The molecule has 0 bridgehead atoms. The number of benzene rings is 2. The zero-order valence-corrected chi connectivity index (χ0v) is 20.1. The lowest BCUT2D eigenvalue weighted by atomic mass is 10.0. The molecular weight excluding hydrogens is 460 g/mol. The highest BCUT2D eigenvalue weighted by Crippen LogP contribution is 2.43. The smallest absolute Gasteiger partial charge is 0.339 e. The van der Waals surface area contributed by atoms with Gasteiger partial charge in [-0.05, 0) is 60.7 Å². The average Bonchev–Trinajstić information content (AvgIpc) is 3.53. The highest BCUT2D eigenvalue weighted by Gasteiger charge is 2.42. The van der Waals surface area contributed by atoms with Crippen molar-refractivity contribution in [2.45, 2.75) is 12.1 Å². The first-order valence-corrected chi connectivity index (χ1v) is 11.5. The van der Waals surface area contributed by atoms with Gasteiger partial charge in [0.1, 0.15) is 11.8 Å². The van der Waals surface area contributed by atoms with Crippen molar-refractivity contribution in [3.63, 3.8) is 0 Å². The molecule has 0 amide bonds. The Kier molecular flexibility index (Phi) is 6.20. The summed E-state index contributed by atoms with van der Waals surface area (Å²) in [4.78, 5) is 19.2. The van der Waals surface area contributed by atoms with E-state index in [4.69, 9.17) is 21.7 Å². The number of nitrogens with zero attached hydrogens (tertiary/aromatic N) is 3. The van der Waals surface area contributed by atoms with Crippen molar-refractivity contribution in [2.75, 3.05) is 19.1 Å². The van der Waals surface area contributed by atoms with E-state index in [-0.39, 0.29) is 12.1 Å². The molecule has 0 unspecified atom stereocenters. The Morgan fingerprint density at radius 3 is 2.60 bits per heavy atom. The predicted molar refractivity (Wildman–Crippen MR) is 138 cm³/mol. The minimum Gasteiger partial charge on any atom is -0.497 e. The van der Waals surface area contributed by atoms with Gasteiger partial charge in [-0.2, -0.15) is 0 Å². The number of thiocarbonyl (C=S) groups is 1. The molecule has 2 aromatic carbocycles. The number of carbonyl (C=O) groups excluding carboxylic acids is 1. The van der Waals surface area contributed by atoms with Crippen LogP contribution in [0.2, 0.25) is 0 Å². The number of rotatable bonds is 6. The van der Waals surface area contributed by atoms with Crippen LogP contribution in [0.1, 0.15) is 33.8 Å². The van der Waals surface area contributed by atoms with Crippen LogP contribution in [0.5, 0.6) is 5.75 Å². The van der Waals surface area contributed by atoms with E-state index in [2.05, 4.69) is 15.2 Å². The number of hydrogen-bond donors (Lipinski definition) is 1. The molecule has 7 nitrogen and oxygen atoms in total. The SMILES string of the molecule is COC(=O)c1ccccc1-n1cccc1[C@@H]1[C@@H](c2ccccn2)NC(=S)N1c1cccc(OC)c1. The third-order valence-corrected chi connectivity index (χ3v) is 6.40. The van der Waals surface area contributed by atoms with Crippen molar-refractivity contribution in [2.24, 2.45) is 0 Å². The molecule has 2 atom stereocenters. The van der Waals surface area contributed by atoms with Crippen molar-refractivity contribution in [1.82, 2.24) is 14.9 Å². The Morgan fingerprint density at radius 2 is 1.83 bits per heavy atom. The standard InChI is InChI=1S/C27H24N4O3S/c1-33-19-10-7-9-18(17-19)31-25(24(29-27(31)35)21-12-5-6-15-28-21)23-14-8-16-30(23)22-13-4-3-11-20(22)26(32)34-2/h3-17,24-25H,1-2H3,(H,29,35)/t24-,25-/m1/s1. The maximum atomic E-state index is 12.6. The number of methoxy groups -OCH3 is 2. The van der Waals surface area contributed by atoms with E-state index < -0.39 is 5.97 Å². The molecule has 1 N–H and O–H groups in total. The number of pyridine rings is 1. The van der Waals surface area contributed by atoms with Crippen molar-refractivity contribution < 1.29 is 14.3 Å². The molecule has 1 aliphatic heterocycles. The van der Waals surface area contributed by atoms with Crippen LogP contribution >= 0.6 is 12.2 Å². The number of para-hydroxylation sites is 1. The molecule has 1 saturated heterocycles. The molecule has 176 valence electrons. The average molecular weight is 485 g/mol. The van der Waals surface area contributed by atoms with Gasteiger partial charge >= 0.3 is 5.97 Å². The van der Waals surface area contributed by atoms with E-state index in [1.54, 1.807) is 19.4 Å². The van der Waals surface area contributed by atoms with Crippen LogP contribution in [-0.4, -0.2) is 34.9 Å². The van der Waals surface area contributed by atoms with Crippen LogP contribution in [0.15, 0.2) is 91.3 Å². The second-order valence-electron chi connectivity index (χ2n) is 8.01. The zero-order valence-electron chi connectivity index (χ0n) is 19.3. The van der Waals surface area contributed by atoms with Crippen molar-refractivity contribution in [1.29, 1.82) is 0 Å². The van der Waals surface area contributed by atoms with Crippen LogP contribution in [0, 0.1) is 0 Å². The van der Waals surface area contributed by atoms with Crippen LogP contribution in [-0.2, 0) is 4.74 Å². The van der Waals surface area contributed by atoms with E-state index >= 15 is 0 Å². The molecule has 0 aliphatic carbocycles. The highest BCUT2D eigenvalue weighted by atomic mass is 32.1. The quantitative estimate of drug-likeness (QED) is 0.310. The van der Waals surface area contributed by atoms with Crippen molar-refractivity contribution >= 4 is 29.0 Å². The summed E-state index contributed by atoms with van der Waals surface area (Å²) in [5.74, 6) is 0.336. The predicted octanol–water partition coefficient (Wildman–Crippen LogP) is 4.84. The minimum absolute atomic E-state index is 0.228. The largest absolute Gasteiger partial charge is 0.497 e. The van der Waals surface area contributed by atoms with Gasteiger partial charge in [0, 0.05) is 29.8 Å². The molecule has 8 heteroatoms. The van der Waals surface area contributed by atoms with Gasteiger partial charge in [0.15, 0.2) is 5.11 Å². The maximum Gasteiger partial charge on any atom is 0.339 e. The number of esters is 1. The first-order chi connectivity index (χ1) is 17.1. The molecule has 0 saturated carbocycles. The van der Waals surface area contributed by atoms with Crippen LogP contribution in [0.25, 0.3) is 5.69 Å². The second kappa shape index (κ2) is 9.60. The number of aromatic nitrogens is 2. The molecule has 3 heterocycles. The summed E-state index contributed by atoms with van der Waals surface area (Å²) in [6, 6.07) is 24.5. The monoisotopic (exact) mass is 484 g/mol. The molecular formula is C27H24N4O3S. The van der Waals surface area contributed by atoms with Crippen LogP contribution in [0.4, 0.5) is 5.69 Å². The second-order valence-corrected chi connectivity index (χ2v) is 8.40. The highest BCUT2D eigenvalue weighted by molar-refractivity contribution is 7.80. The summed E-state index contributed by atoms with van der Waals surface area (Å²) in [5, 5.41) is 4.05. The van der Waals surface area contributed by atoms with Crippen LogP contribution in [0.3, 0.4) is 0 Å². The topological polar surface area (TPSA) is 68.6 Å². The number of hydrogen-bond acceptors (Lipinski definition) is 5. The van der Waals surface area contributed by atoms with E-state index in [1.807, 2.05) is 83.6 Å². The fourth-order valence-electron chi connectivity index (χ4n) is 4.51. The van der Waals surface area contributed by atoms with Crippen molar-refractivity contribution in [3.05, 3.63) is 108 Å². The van der Waals surface area contributed by atoms with E-state index in [0.717, 1.165) is 28.5 Å². The first-order valence-electron chi connectivity index (χ1n) is 11.1. The van der Waals surface area contributed by atoms with Gasteiger partial charge in [0.05, 0.1) is 37.2 Å². The Bertz CT molecular complexity index is 1370. The maximum absolute atomic E-state index is 12.6. The van der Waals surface area contributed by atoms with E-state index in [9.17, 15) is 4.79 Å². The molecule has 1 aliphatic rings. The lowest BCUT2D eigenvalue weighted by molar-refractivity contribution is 0.0600. The van der Waals surface area contributed by atoms with Crippen molar-refractivity contribution in [3.8, 4) is 11.4 Å². The zero-order chi connectivity index (χ0) is 24.4. The van der Waals surface area contributed by atoms with Gasteiger partial charge in [-0.15, -0.1) is 0 Å². The summed E-state index contributed by atoms with van der Waals surface area (Å²) in [6.07, 6.45) is 3.72. The number of nitrogens with one attached hydrogen (secondary N) is 1. The molecule has 4 aromatic rings. The minimum atomic E-state index is -0.397. The molecule has 35 heavy (non-hydrogen) atoms. The van der Waals surface area contributed by atoms with E-state index in [1.165, 1.54) is 7.11 Å². The van der Waals surface area contributed by atoms with Gasteiger partial charge in [-0.3, -0.25) is 4.98 Å². The first kappa shape index (κ1) is 22.6. The summed E-state index contributed by atoms with van der Waals surface area (Å²) >= 11 is 5.84.